The van der Waals surface area contributed by atoms with E-state index in [0.717, 1.165) is 17.1 Å². The van der Waals surface area contributed by atoms with Gasteiger partial charge in [-0.25, -0.2) is 0 Å². The summed E-state index contributed by atoms with van der Waals surface area (Å²) >= 11 is 0. The summed E-state index contributed by atoms with van der Waals surface area (Å²) in [6, 6.07) is 74.2. The van der Waals surface area contributed by atoms with Gasteiger partial charge in [0.05, 0.1) is 0 Å². The number of para-hydroxylation sites is 4. The van der Waals surface area contributed by atoms with Crippen molar-refractivity contribution < 1.29 is 0 Å². The van der Waals surface area contributed by atoms with Crippen molar-refractivity contribution in [2.45, 2.75) is 0 Å². The molecular weight excluding hydrogens is 637 g/mol. The van der Waals surface area contributed by atoms with Gasteiger partial charge in [0.25, 0.3) is 0 Å². The molecule has 8 aromatic carbocycles. The van der Waals surface area contributed by atoms with Crippen molar-refractivity contribution in [3.63, 3.8) is 0 Å². The summed E-state index contributed by atoms with van der Waals surface area (Å²) in [7, 11) is 0. The second-order valence-corrected chi connectivity index (χ2v) is 14.4. The van der Waals surface area contributed by atoms with Gasteiger partial charge >= 0.3 is 0 Å². The molecule has 244 valence electrons. The molecule has 0 saturated heterocycles. The molecular formula is C48H33B3N2. The molecule has 0 aliphatic carbocycles. The molecule has 0 N–H and O–H groups in total. The highest BCUT2D eigenvalue weighted by Crippen LogP contribution is 2.41. The number of hydrogen-bond acceptors (Lipinski definition) is 2. The van der Waals surface area contributed by atoms with Crippen LogP contribution in [0.3, 0.4) is 0 Å². The van der Waals surface area contributed by atoms with Crippen molar-refractivity contribution in [2.24, 2.45) is 0 Å². The lowest BCUT2D eigenvalue weighted by Gasteiger charge is -2.49. The van der Waals surface area contributed by atoms with E-state index in [0.29, 0.717) is 0 Å². The lowest BCUT2D eigenvalue weighted by Crippen LogP contribution is -2.71. The summed E-state index contributed by atoms with van der Waals surface area (Å²) < 4.78 is 0. The van der Waals surface area contributed by atoms with Crippen LogP contribution in [0.2, 0.25) is 0 Å². The second kappa shape index (κ2) is 12.1. The Balaban J connectivity index is 1.28. The maximum Gasteiger partial charge on any atom is 0.246 e. The average Bonchev–Trinajstić information content (AvgIpc) is 3.23. The largest absolute Gasteiger partial charge is 0.314 e. The van der Waals surface area contributed by atoms with Crippen molar-refractivity contribution in [2.75, 3.05) is 9.80 Å². The molecule has 0 radical (unpaired) electrons. The Morgan fingerprint density at radius 3 is 0.943 bits per heavy atom. The molecule has 3 aliphatic rings. The van der Waals surface area contributed by atoms with E-state index in [4.69, 9.17) is 0 Å². The van der Waals surface area contributed by atoms with Gasteiger partial charge in [0.15, 0.2) is 0 Å². The molecule has 0 atom stereocenters. The highest BCUT2D eigenvalue weighted by Gasteiger charge is 2.49. The molecule has 0 bridgehead atoms. The molecule has 0 spiro atoms. The first-order valence-electron chi connectivity index (χ1n) is 18.6. The number of benzene rings is 8. The van der Waals surface area contributed by atoms with Crippen LogP contribution in [0.5, 0.6) is 0 Å². The number of nitrogens with zero attached hydrogens (tertiary/aromatic N) is 2. The Kier molecular flexibility index (Phi) is 6.88. The van der Waals surface area contributed by atoms with Crippen LogP contribution >= 0.6 is 0 Å². The highest BCUT2D eigenvalue weighted by molar-refractivity contribution is 7.06. The molecule has 0 aromatic heterocycles. The summed E-state index contributed by atoms with van der Waals surface area (Å²) in [6.45, 7) is 0.215. The summed E-state index contributed by atoms with van der Waals surface area (Å²) in [5, 5.41) is 0. The number of rotatable bonds is 6. The molecule has 0 unspecified atom stereocenters. The van der Waals surface area contributed by atoms with Gasteiger partial charge < -0.3 is 9.80 Å². The van der Waals surface area contributed by atoms with Crippen LogP contribution in [0.15, 0.2) is 200 Å². The molecule has 11 rings (SSSR count). The molecule has 0 saturated carbocycles. The Labute approximate surface area is 312 Å². The fourth-order valence-corrected chi connectivity index (χ4v) is 9.55. The standard InChI is InChI=1S/C48H33B3N2/c1-6-18-34(19-7-1)49-40-28-16-30-42-46(40)53-47-41(49)29-17-31-43(47)51(36-22-10-3-11-23-36)45-33-39(32-44(48(45)53)50(42)35-20-8-2-9-21-35)52(37-24-12-4-13-25-37)38-26-14-5-15-27-38/h1-33H. The predicted molar refractivity (Wildman–Crippen MR) is 229 cm³/mol. The molecule has 3 heterocycles. The van der Waals surface area contributed by atoms with Gasteiger partial charge in [0, 0.05) is 34.1 Å². The second-order valence-electron chi connectivity index (χ2n) is 14.4. The van der Waals surface area contributed by atoms with Gasteiger partial charge in [-0.05, 0) is 69.2 Å². The maximum atomic E-state index is 2.66. The average molecular weight is 670 g/mol. The van der Waals surface area contributed by atoms with Crippen molar-refractivity contribution in [1.82, 2.24) is 0 Å². The molecule has 2 nitrogen and oxygen atoms in total. The van der Waals surface area contributed by atoms with Crippen LogP contribution in [0, 0.1) is 0 Å². The van der Waals surface area contributed by atoms with E-state index in [2.05, 4.69) is 210 Å². The maximum absolute atomic E-state index is 2.66. The van der Waals surface area contributed by atoms with Crippen LogP contribution in [-0.2, 0) is 0 Å². The first-order chi connectivity index (χ1) is 26.3. The van der Waals surface area contributed by atoms with Gasteiger partial charge in [-0.3, -0.25) is 0 Å². The lowest BCUT2D eigenvalue weighted by molar-refractivity contribution is 1.27. The van der Waals surface area contributed by atoms with Gasteiger partial charge in [-0.2, -0.15) is 0 Å². The van der Waals surface area contributed by atoms with Crippen molar-refractivity contribution in [1.29, 1.82) is 0 Å². The van der Waals surface area contributed by atoms with Gasteiger partial charge in [0.2, 0.25) is 20.1 Å². The van der Waals surface area contributed by atoms with Crippen LogP contribution < -0.4 is 59.0 Å². The third-order valence-electron chi connectivity index (χ3n) is 11.6. The van der Waals surface area contributed by atoms with Gasteiger partial charge in [0.1, 0.15) is 0 Å². The predicted octanol–water partition coefficient (Wildman–Crippen LogP) is 5.12. The zero-order chi connectivity index (χ0) is 34.9. The zero-order valence-corrected chi connectivity index (χ0v) is 29.2. The molecule has 0 amide bonds. The Morgan fingerprint density at radius 1 is 0.283 bits per heavy atom. The normalized spacial score (nSPS) is 13.1. The Morgan fingerprint density at radius 2 is 0.585 bits per heavy atom. The number of anilines is 6. The summed E-state index contributed by atoms with van der Waals surface area (Å²) in [5.74, 6) is 0. The fourth-order valence-electron chi connectivity index (χ4n) is 9.55. The van der Waals surface area contributed by atoms with Crippen molar-refractivity contribution in [3.05, 3.63) is 200 Å². The minimum Gasteiger partial charge on any atom is -0.314 e. The van der Waals surface area contributed by atoms with Crippen LogP contribution in [0.1, 0.15) is 0 Å². The molecule has 5 heteroatoms. The zero-order valence-electron chi connectivity index (χ0n) is 29.2. The monoisotopic (exact) mass is 670 g/mol. The van der Waals surface area contributed by atoms with E-state index >= 15 is 0 Å². The first-order valence-corrected chi connectivity index (χ1v) is 18.6. The smallest absolute Gasteiger partial charge is 0.246 e. The molecule has 8 aromatic rings. The minimum absolute atomic E-state index is 0.0455. The van der Waals surface area contributed by atoms with Crippen molar-refractivity contribution >= 4 is 103 Å². The molecule has 3 aliphatic heterocycles. The van der Waals surface area contributed by atoms with Crippen LogP contribution in [0.4, 0.5) is 34.1 Å². The van der Waals surface area contributed by atoms with Crippen molar-refractivity contribution in [3.8, 4) is 0 Å². The summed E-state index contributed by atoms with van der Waals surface area (Å²) in [5.41, 5.74) is 19.5. The Hall–Kier alpha value is -6.45. The van der Waals surface area contributed by atoms with E-state index in [1.165, 1.54) is 66.2 Å². The fraction of sp³-hybridized carbons (Fsp3) is 0. The van der Waals surface area contributed by atoms with E-state index in [1.54, 1.807) is 0 Å². The third-order valence-corrected chi connectivity index (χ3v) is 11.6. The van der Waals surface area contributed by atoms with E-state index in [1.807, 2.05) is 0 Å². The van der Waals surface area contributed by atoms with Crippen LogP contribution in [-0.4, -0.2) is 20.1 Å². The summed E-state index contributed by atoms with van der Waals surface area (Å²) in [4.78, 5) is 5.10. The number of hydrogen-bond donors (Lipinski definition) is 0. The SMILES string of the molecule is c1ccc(B2c3cccc4c3N3c5c2cccc5B(c2ccccc2)c2cc(N(c5ccccc5)c5ccccc5)cc(c23)B4c2ccccc2)cc1. The lowest BCUT2D eigenvalue weighted by atomic mass is 9.26. The quantitative estimate of drug-likeness (QED) is 0.227. The van der Waals surface area contributed by atoms with E-state index < -0.39 is 0 Å². The van der Waals surface area contributed by atoms with Gasteiger partial charge in [-0.15, -0.1) is 0 Å². The highest BCUT2D eigenvalue weighted by atomic mass is 15.2. The van der Waals surface area contributed by atoms with E-state index in [9.17, 15) is 0 Å². The topological polar surface area (TPSA) is 6.48 Å². The van der Waals surface area contributed by atoms with Crippen LogP contribution in [0.25, 0.3) is 0 Å². The Bertz CT molecular complexity index is 2480. The third kappa shape index (κ3) is 4.57. The van der Waals surface area contributed by atoms with Gasteiger partial charge in [-0.1, -0.05) is 180 Å². The summed E-state index contributed by atoms with van der Waals surface area (Å²) in [6.07, 6.45) is 0. The minimum atomic E-state index is 0.0455. The molecule has 0 fully saturated rings. The first kappa shape index (κ1) is 30.2. The molecule has 53 heavy (non-hydrogen) atoms. The van der Waals surface area contributed by atoms with E-state index in [-0.39, 0.29) is 20.1 Å².